The number of carboxylic acid groups (broad SMARTS) is 1. The SMILES string of the molecule is CC(CC(=O)O)Cn1nnnc1-c1cccc(Cl)c1F. The lowest BCUT2D eigenvalue weighted by Crippen LogP contribution is -2.14. The van der Waals surface area contributed by atoms with Gasteiger partial charge in [0, 0.05) is 13.0 Å². The summed E-state index contributed by atoms with van der Waals surface area (Å²) in [6.07, 6.45) is -0.0165. The standard InChI is InChI=1S/C12H12ClFN4O2/c1-7(5-10(19)20)6-18-12(15-16-17-18)8-3-2-4-9(13)11(8)14/h2-4,7H,5-6H2,1H3,(H,19,20). The average molecular weight is 299 g/mol. The molecule has 1 heterocycles. The fraction of sp³-hybridized carbons (Fsp3) is 0.333. The molecule has 0 aliphatic heterocycles. The zero-order valence-corrected chi connectivity index (χ0v) is 11.4. The summed E-state index contributed by atoms with van der Waals surface area (Å²) in [6, 6.07) is 4.55. The zero-order valence-electron chi connectivity index (χ0n) is 10.6. The Kier molecular flexibility index (Phi) is 4.29. The minimum atomic E-state index is -0.902. The Bertz CT molecular complexity index is 632. The van der Waals surface area contributed by atoms with Gasteiger partial charge in [-0.05, 0) is 28.5 Å². The van der Waals surface area contributed by atoms with Crippen LogP contribution < -0.4 is 0 Å². The minimum absolute atomic E-state index is 0.0165. The van der Waals surface area contributed by atoms with Crippen LogP contribution in [0.5, 0.6) is 0 Å². The third-order valence-corrected chi connectivity index (χ3v) is 3.02. The Labute approximate surface area is 119 Å². The van der Waals surface area contributed by atoms with Gasteiger partial charge in [-0.15, -0.1) is 5.10 Å². The van der Waals surface area contributed by atoms with E-state index in [-0.39, 0.29) is 35.3 Å². The number of rotatable bonds is 5. The molecule has 0 aliphatic rings. The van der Waals surface area contributed by atoms with Crippen molar-refractivity contribution in [2.45, 2.75) is 19.9 Å². The number of hydrogen-bond donors (Lipinski definition) is 1. The molecule has 2 aromatic rings. The van der Waals surface area contributed by atoms with E-state index in [4.69, 9.17) is 16.7 Å². The van der Waals surface area contributed by atoms with Crippen molar-refractivity contribution in [2.24, 2.45) is 5.92 Å². The van der Waals surface area contributed by atoms with Crippen molar-refractivity contribution < 1.29 is 14.3 Å². The molecule has 1 N–H and O–H groups in total. The molecule has 1 aromatic carbocycles. The lowest BCUT2D eigenvalue weighted by Gasteiger charge is -2.10. The Morgan fingerprint density at radius 3 is 3.00 bits per heavy atom. The van der Waals surface area contributed by atoms with E-state index in [2.05, 4.69) is 15.5 Å². The third kappa shape index (κ3) is 3.11. The second-order valence-corrected chi connectivity index (χ2v) is 4.90. The summed E-state index contributed by atoms with van der Waals surface area (Å²) in [6.45, 7) is 2.04. The first kappa shape index (κ1) is 14.4. The summed E-state index contributed by atoms with van der Waals surface area (Å²) in [4.78, 5) is 10.7. The molecule has 0 spiro atoms. The first-order chi connectivity index (χ1) is 9.49. The molecule has 0 saturated heterocycles. The molecule has 0 saturated carbocycles. The molecule has 1 atom stereocenters. The van der Waals surface area contributed by atoms with Crippen molar-refractivity contribution in [3.8, 4) is 11.4 Å². The molecule has 20 heavy (non-hydrogen) atoms. The van der Waals surface area contributed by atoms with Crippen LogP contribution in [0.25, 0.3) is 11.4 Å². The number of carbonyl (C=O) groups is 1. The van der Waals surface area contributed by atoms with Crippen LogP contribution in [-0.4, -0.2) is 31.3 Å². The highest BCUT2D eigenvalue weighted by atomic mass is 35.5. The van der Waals surface area contributed by atoms with Gasteiger partial charge < -0.3 is 5.11 Å². The second-order valence-electron chi connectivity index (χ2n) is 4.49. The van der Waals surface area contributed by atoms with Crippen molar-refractivity contribution in [3.05, 3.63) is 29.0 Å². The van der Waals surface area contributed by atoms with Crippen molar-refractivity contribution in [2.75, 3.05) is 0 Å². The van der Waals surface area contributed by atoms with Gasteiger partial charge in [0.05, 0.1) is 10.6 Å². The summed E-state index contributed by atoms with van der Waals surface area (Å²) in [5, 5.41) is 19.8. The summed E-state index contributed by atoms with van der Waals surface area (Å²) in [5.74, 6) is -1.46. The largest absolute Gasteiger partial charge is 0.481 e. The van der Waals surface area contributed by atoms with Crippen molar-refractivity contribution >= 4 is 17.6 Å². The summed E-state index contributed by atoms with van der Waals surface area (Å²) in [7, 11) is 0. The summed E-state index contributed by atoms with van der Waals surface area (Å²) in [5.41, 5.74) is 0.185. The van der Waals surface area contributed by atoms with Gasteiger partial charge in [0.15, 0.2) is 11.6 Å². The molecular formula is C12H12ClFN4O2. The molecule has 2 rings (SSSR count). The van der Waals surface area contributed by atoms with Crippen molar-refractivity contribution in [3.63, 3.8) is 0 Å². The molecular weight excluding hydrogens is 287 g/mol. The molecule has 106 valence electrons. The molecule has 0 amide bonds. The summed E-state index contributed by atoms with van der Waals surface area (Å²) < 4.78 is 15.3. The van der Waals surface area contributed by atoms with E-state index in [0.29, 0.717) is 0 Å². The maximum Gasteiger partial charge on any atom is 0.303 e. The van der Waals surface area contributed by atoms with Crippen LogP contribution in [0, 0.1) is 11.7 Å². The monoisotopic (exact) mass is 298 g/mol. The van der Waals surface area contributed by atoms with Crippen LogP contribution in [0.3, 0.4) is 0 Å². The lowest BCUT2D eigenvalue weighted by molar-refractivity contribution is -0.138. The van der Waals surface area contributed by atoms with Crippen LogP contribution >= 0.6 is 11.6 Å². The number of tetrazole rings is 1. The van der Waals surface area contributed by atoms with Gasteiger partial charge in [0.2, 0.25) is 0 Å². The highest BCUT2D eigenvalue weighted by molar-refractivity contribution is 6.31. The van der Waals surface area contributed by atoms with E-state index < -0.39 is 11.8 Å². The quantitative estimate of drug-likeness (QED) is 0.915. The van der Waals surface area contributed by atoms with Gasteiger partial charge in [-0.1, -0.05) is 24.6 Å². The second kappa shape index (κ2) is 5.96. The fourth-order valence-electron chi connectivity index (χ4n) is 1.85. The maximum absolute atomic E-state index is 14.0. The van der Waals surface area contributed by atoms with E-state index in [9.17, 15) is 9.18 Å². The number of aliphatic carboxylic acids is 1. The minimum Gasteiger partial charge on any atom is -0.481 e. The lowest BCUT2D eigenvalue weighted by atomic mass is 10.1. The third-order valence-electron chi connectivity index (χ3n) is 2.73. The van der Waals surface area contributed by atoms with E-state index in [1.54, 1.807) is 13.0 Å². The molecule has 0 radical (unpaired) electrons. The summed E-state index contributed by atoms with van der Waals surface area (Å²) >= 11 is 5.73. The molecule has 1 aromatic heterocycles. The van der Waals surface area contributed by atoms with E-state index in [0.717, 1.165) is 0 Å². The predicted molar refractivity (Wildman–Crippen MR) is 69.6 cm³/mol. The fourth-order valence-corrected chi connectivity index (χ4v) is 2.03. The number of nitrogens with zero attached hydrogens (tertiary/aromatic N) is 4. The van der Waals surface area contributed by atoms with Crippen molar-refractivity contribution in [1.29, 1.82) is 0 Å². The highest BCUT2D eigenvalue weighted by Crippen LogP contribution is 2.26. The normalized spacial score (nSPS) is 12.3. The van der Waals surface area contributed by atoms with Crippen LogP contribution in [0.15, 0.2) is 18.2 Å². The topological polar surface area (TPSA) is 80.9 Å². The highest BCUT2D eigenvalue weighted by Gasteiger charge is 2.17. The van der Waals surface area contributed by atoms with Gasteiger partial charge >= 0.3 is 5.97 Å². The maximum atomic E-state index is 14.0. The number of halogens is 2. The molecule has 0 fully saturated rings. The molecule has 1 unspecified atom stereocenters. The Hall–Kier alpha value is -2.02. The number of aromatic nitrogens is 4. The number of hydrogen-bond acceptors (Lipinski definition) is 4. The molecule has 8 heteroatoms. The first-order valence-corrected chi connectivity index (χ1v) is 6.29. The Balaban J connectivity index is 2.29. The molecule has 0 bridgehead atoms. The van der Waals surface area contributed by atoms with Crippen molar-refractivity contribution in [1.82, 2.24) is 20.2 Å². The van der Waals surface area contributed by atoms with Gasteiger partial charge in [0.1, 0.15) is 0 Å². The van der Waals surface area contributed by atoms with Gasteiger partial charge in [0.25, 0.3) is 0 Å². The van der Waals surface area contributed by atoms with Crippen LogP contribution in [0.1, 0.15) is 13.3 Å². The smallest absolute Gasteiger partial charge is 0.303 e. The average Bonchev–Trinajstić information content (AvgIpc) is 2.79. The van der Waals surface area contributed by atoms with Gasteiger partial charge in [-0.3, -0.25) is 4.79 Å². The van der Waals surface area contributed by atoms with E-state index >= 15 is 0 Å². The first-order valence-electron chi connectivity index (χ1n) is 5.91. The Morgan fingerprint density at radius 2 is 2.30 bits per heavy atom. The predicted octanol–water partition coefficient (Wildman–Crippen LogP) is 2.24. The molecule has 0 aliphatic carbocycles. The zero-order chi connectivity index (χ0) is 14.7. The molecule has 6 nitrogen and oxygen atoms in total. The Morgan fingerprint density at radius 1 is 1.55 bits per heavy atom. The van der Waals surface area contributed by atoms with Crippen LogP contribution in [0.2, 0.25) is 5.02 Å². The van der Waals surface area contributed by atoms with E-state index in [1.165, 1.54) is 16.8 Å². The van der Waals surface area contributed by atoms with Crippen LogP contribution in [0.4, 0.5) is 4.39 Å². The number of benzene rings is 1. The van der Waals surface area contributed by atoms with E-state index in [1.807, 2.05) is 0 Å². The number of carboxylic acids is 1. The van der Waals surface area contributed by atoms with Crippen LogP contribution in [-0.2, 0) is 11.3 Å². The van der Waals surface area contributed by atoms with Gasteiger partial charge in [-0.2, -0.15) is 0 Å². The van der Waals surface area contributed by atoms with Gasteiger partial charge in [-0.25, -0.2) is 9.07 Å².